The van der Waals surface area contributed by atoms with Gasteiger partial charge in [0.1, 0.15) is 0 Å². The first-order chi connectivity index (χ1) is 10.2. The molecule has 2 saturated heterocycles. The molecule has 2 heterocycles. The molecule has 2 atom stereocenters. The highest BCUT2D eigenvalue weighted by Crippen LogP contribution is 2.36. The molecule has 7 heteroatoms. The summed E-state index contributed by atoms with van der Waals surface area (Å²) in [7, 11) is -1.60. The van der Waals surface area contributed by atoms with E-state index in [0.717, 1.165) is 12.8 Å². The number of β-lactam (4-membered cyclic amide) rings is 1. The SMILES string of the molecule is COC1C(=O)N(C(C)C)C1C1CCN(S(=O)(=O)C(C)C)CC1. The van der Waals surface area contributed by atoms with Crippen molar-refractivity contribution in [1.82, 2.24) is 9.21 Å². The fourth-order valence-electron chi connectivity index (χ4n) is 3.59. The molecular weight excluding hydrogens is 304 g/mol. The van der Waals surface area contributed by atoms with Crippen LogP contribution in [-0.2, 0) is 19.6 Å². The maximum atomic E-state index is 12.2. The standard InChI is InChI=1S/C15H28N2O4S/c1-10(2)17-13(14(21-5)15(17)18)12-6-8-16(9-7-12)22(19,20)11(3)4/h10-14H,6-9H2,1-5H3. The van der Waals surface area contributed by atoms with Gasteiger partial charge in [-0.05, 0) is 46.5 Å². The molecule has 2 unspecified atom stereocenters. The molecule has 2 rings (SSSR count). The summed E-state index contributed by atoms with van der Waals surface area (Å²) in [6.07, 6.45) is 1.21. The van der Waals surface area contributed by atoms with Crippen molar-refractivity contribution in [2.75, 3.05) is 20.2 Å². The lowest BCUT2D eigenvalue weighted by molar-refractivity contribution is -0.181. The highest BCUT2D eigenvalue weighted by Gasteiger charge is 2.52. The Kier molecular flexibility index (Phi) is 5.19. The van der Waals surface area contributed by atoms with E-state index < -0.39 is 10.0 Å². The summed E-state index contributed by atoms with van der Waals surface area (Å²) in [5.41, 5.74) is 0. The van der Waals surface area contributed by atoms with Crippen molar-refractivity contribution in [1.29, 1.82) is 0 Å². The van der Waals surface area contributed by atoms with Gasteiger partial charge in [-0.3, -0.25) is 4.79 Å². The van der Waals surface area contributed by atoms with Gasteiger partial charge in [-0.1, -0.05) is 0 Å². The third kappa shape index (κ3) is 2.90. The second-order valence-corrected chi connectivity index (χ2v) is 9.31. The molecule has 2 fully saturated rings. The van der Waals surface area contributed by atoms with Crippen LogP contribution in [0.3, 0.4) is 0 Å². The second-order valence-electron chi connectivity index (χ2n) is 6.82. The summed E-state index contributed by atoms with van der Waals surface area (Å²) in [4.78, 5) is 14.0. The van der Waals surface area contributed by atoms with Gasteiger partial charge in [-0.2, -0.15) is 0 Å². The summed E-state index contributed by atoms with van der Waals surface area (Å²) >= 11 is 0. The average Bonchev–Trinajstić information content (AvgIpc) is 2.44. The van der Waals surface area contributed by atoms with Crippen molar-refractivity contribution in [3.63, 3.8) is 0 Å². The highest BCUT2D eigenvalue weighted by molar-refractivity contribution is 7.89. The van der Waals surface area contributed by atoms with Gasteiger partial charge in [-0.25, -0.2) is 12.7 Å². The molecule has 6 nitrogen and oxygen atoms in total. The fourth-order valence-corrected chi connectivity index (χ4v) is 4.90. The highest BCUT2D eigenvalue weighted by atomic mass is 32.2. The molecule has 0 N–H and O–H groups in total. The van der Waals surface area contributed by atoms with Crippen LogP contribution in [0, 0.1) is 5.92 Å². The van der Waals surface area contributed by atoms with Crippen molar-refractivity contribution in [2.24, 2.45) is 5.92 Å². The van der Waals surface area contributed by atoms with E-state index in [2.05, 4.69) is 0 Å². The Hall–Kier alpha value is -0.660. The number of amides is 1. The number of carbonyl (C=O) groups is 1. The van der Waals surface area contributed by atoms with Crippen LogP contribution >= 0.6 is 0 Å². The number of piperidine rings is 1. The molecule has 2 aliphatic heterocycles. The monoisotopic (exact) mass is 332 g/mol. The van der Waals surface area contributed by atoms with E-state index in [1.54, 1.807) is 25.3 Å². The number of rotatable bonds is 5. The maximum Gasteiger partial charge on any atom is 0.254 e. The van der Waals surface area contributed by atoms with E-state index in [1.165, 1.54) is 0 Å². The van der Waals surface area contributed by atoms with E-state index in [1.807, 2.05) is 18.7 Å². The summed E-state index contributed by atoms with van der Waals surface area (Å²) < 4.78 is 31.4. The number of nitrogens with zero attached hydrogens (tertiary/aromatic N) is 2. The lowest BCUT2D eigenvalue weighted by Gasteiger charge is -2.53. The number of carbonyl (C=O) groups excluding carboxylic acids is 1. The smallest absolute Gasteiger partial charge is 0.254 e. The first kappa shape index (κ1) is 17.7. The molecule has 0 spiro atoms. The summed E-state index contributed by atoms with van der Waals surface area (Å²) in [5, 5.41) is -0.381. The maximum absolute atomic E-state index is 12.2. The largest absolute Gasteiger partial charge is 0.369 e. The normalized spacial score (nSPS) is 28.5. The Bertz CT molecular complexity index is 510. The van der Waals surface area contributed by atoms with Crippen LogP contribution in [0.2, 0.25) is 0 Å². The fraction of sp³-hybridized carbons (Fsp3) is 0.933. The predicted octanol–water partition coefficient (Wildman–Crippen LogP) is 1.07. The lowest BCUT2D eigenvalue weighted by atomic mass is 9.79. The number of sulfonamides is 1. The molecule has 0 aromatic carbocycles. The van der Waals surface area contributed by atoms with Crippen molar-refractivity contribution < 1.29 is 17.9 Å². The molecule has 0 saturated carbocycles. The Labute approximate surface area is 133 Å². The summed E-state index contributed by atoms with van der Waals surface area (Å²) in [6.45, 7) is 8.53. The minimum Gasteiger partial charge on any atom is -0.369 e. The van der Waals surface area contributed by atoms with Gasteiger partial charge in [0.05, 0.1) is 11.3 Å². The second kappa shape index (κ2) is 6.45. The minimum absolute atomic E-state index is 0.0553. The zero-order valence-electron chi connectivity index (χ0n) is 14.2. The average molecular weight is 332 g/mol. The van der Waals surface area contributed by atoms with Crippen LogP contribution < -0.4 is 0 Å². The van der Waals surface area contributed by atoms with Gasteiger partial charge in [0.2, 0.25) is 10.0 Å². The van der Waals surface area contributed by atoms with E-state index in [0.29, 0.717) is 19.0 Å². The third-order valence-corrected chi connectivity index (χ3v) is 7.15. The molecule has 22 heavy (non-hydrogen) atoms. The molecule has 0 aromatic rings. The first-order valence-electron chi connectivity index (χ1n) is 8.05. The quantitative estimate of drug-likeness (QED) is 0.706. The number of hydrogen-bond acceptors (Lipinski definition) is 4. The lowest BCUT2D eigenvalue weighted by Crippen LogP contribution is -2.70. The van der Waals surface area contributed by atoms with Crippen LogP contribution in [-0.4, -0.2) is 67.2 Å². The van der Waals surface area contributed by atoms with Crippen molar-refractivity contribution in [3.05, 3.63) is 0 Å². The van der Waals surface area contributed by atoms with Gasteiger partial charge < -0.3 is 9.64 Å². The van der Waals surface area contributed by atoms with Crippen molar-refractivity contribution in [3.8, 4) is 0 Å². The topological polar surface area (TPSA) is 66.9 Å². The van der Waals surface area contributed by atoms with Crippen LogP contribution in [0.15, 0.2) is 0 Å². The zero-order valence-corrected chi connectivity index (χ0v) is 15.0. The predicted molar refractivity (Wildman–Crippen MR) is 84.9 cm³/mol. The Balaban J connectivity index is 2.03. The zero-order chi connectivity index (χ0) is 16.7. The van der Waals surface area contributed by atoms with E-state index in [-0.39, 0.29) is 29.3 Å². The Morgan fingerprint density at radius 3 is 2.09 bits per heavy atom. The minimum atomic E-state index is -3.18. The van der Waals surface area contributed by atoms with Crippen molar-refractivity contribution in [2.45, 2.75) is 64.0 Å². The molecule has 2 aliphatic rings. The van der Waals surface area contributed by atoms with Gasteiger partial charge in [0.15, 0.2) is 6.10 Å². The van der Waals surface area contributed by atoms with Crippen LogP contribution in [0.1, 0.15) is 40.5 Å². The van der Waals surface area contributed by atoms with Crippen molar-refractivity contribution >= 4 is 15.9 Å². The van der Waals surface area contributed by atoms with Gasteiger partial charge in [0, 0.05) is 26.2 Å². The molecule has 0 aromatic heterocycles. The van der Waals surface area contributed by atoms with Gasteiger partial charge in [0.25, 0.3) is 5.91 Å². The summed E-state index contributed by atoms with van der Waals surface area (Å²) in [6, 6.07) is 0.239. The number of hydrogen-bond donors (Lipinski definition) is 0. The summed E-state index contributed by atoms with van der Waals surface area (Å²) in [5.74, 6) is 0.364. The van der Waals surface area contributed by atoms with Crippen LogP contribution in [0.25, 0.3) is 0 Å². The van der Waals surface area contributed by atoms with Crippen LogP contribution in [0.4, 0.5) is 0 Å². The van der Waals surface area contributed by atoms with Gasteiger partial charge >= 0.3 is 0 Å². The molecular formula is C15H28N2O4S. The number of ether oxygens (including phenoxy) is 1. The Morgan fingerprint density at radius 1 is 1.14 bits per heavy atom. The molecule has 128 valence electrons. The molecule has 0 aliphatic carbocycles. The van der Waals surface area contributed by atoms with E-state index >= 15 is 0 Å². The van der Waals surface area contributed by atoms with E-state index in [9.17, 15) is 13.2 Å². The third-order valence-electron chi connectivity index (χ3n) is 4.88. The first-order valence-corrected chi connectivity index (χ1v) is 9.56. The molecule has 0 radical (unpaired) electrons. The number of likely N-dealkylation sites (tertiary alicyclic amines) is 1. The molecule has 0 bridgehead atoms. The molecule has 1 amide bonds. The Morgan fingerprint density at radius 2 is 1.68 bits per heavy atom. The van der Waals surface area contributed by atoms with E-state index in [4.69, 9.17) is 4.74 Å². The van der Waals surface area contributed by atoms with Crippen LogP contribution in [0.5, 0.6) is 0 Å². The van der Waals surface area contributed by atoms with Gasteiger partial charge in [-0.15, -0.1) is 0 Å². The number of methoxy groups -OCH3 is 1.